The van der Waals surface area contributed by atoms with Crippen LogP contribution in [-0.2, 0) is 4.74 Å². The van der Waals surface area contributed by atoms with E-state index >= 15 is 0 Å². The highest BCUT2D eigenvalue weighted by Crippen LogP contribution is 2.24. The molecule has 2 rings (SSSR count). The van der Waals surface area contributed by atoms with Crippen LogP contribution in [0.5, 0.6) is 0 Å². The number of nitrogen functional groups attached to an aromatic ring is 1. The quantitative estimate of drug-likeness (QED) is 0.867. The monoisotopic (exact) mass is 272 g/mol. The molecule has 1 fully saturated rings. The Hall–Kier alpha value is -0.880. The second kappa shape index (κ2) is 4.76. The summed E-state index contributed by atoms with van der Waals surface area (Å²) in [4.78, 5) is 7.98. The summed E-state index contributed by atoms with van der Waals surface area (Å²) in [7, 11) is 0. The van der Waals surface area contributed by atoms with Crippen LogP contribution in [-0.4, -0.2) is 29.7 Å². The minimum atomic E-state index is 0.454. The number of nitrogens with zero attached hydrogens (tertiary/aromatic N) is 2. The lowest BCUT2D eigenvalue weighted by atomic mass is 10.1. The topological polar surface area (TPSA) is 73.1 Å². The molecule has 1 atom stereocenters. The maximum Gasteiger partial charge on any atom is 0.145 e. The Morgan fingerprint density at radius 1 is 1.60 bits per heavy atom. The van der Waals surface area contributed by atoms with Gasteiger partial charge in [-0.2, -0.15) is 0 Å². The second-order valence-electron chi connectivity index (χ2n) is 3.53. The van der Waals surface area contributed by atoms with E-state index in [4.69, 9.17) is 10.5 Å². The lowest BCUT2D eigenvalue weighted by Crippen LogP contribution is -2.15. The van der Waals surface area contributed by atoms with Crippen molar-refractivity contribution >= 4 is 27.6 Å². The van der Waals surface area contributed by atoms with E-state index in [1.807, 2.05) is 0 Å². The number of nitrogens with one attached hydrogen (secondary N) is 1. The highest BCUT2D eigenvalue weighted by molar-refractivity contribution is 9.10. The van der Waals surface area contributed by atoms with Gasteiger partial charge in [-0.3, -0.25) is 0 Å². The molecule has 0 spiro atoms. The predicted molar refractivity (Wildman–Crippen MR) is 61.6 cm³/mol. The molecular formula is C9H13BrN4O. The van der Waals surface area contributed by atoms with Crippen molar-refractivity contribution < 1.29 is 4.74 Å². The summed E-state index contributed by atoms with van der Waals surface area (Å²) in [6.07, 6.45) is 2.55. The maximum atomic E-state index is 5.64. The molecule has 0 saturated carbocycles. The van der Waals surface area contributed by atoms with Crippen molar-refractivity contribution in [2.75, 3.05) is 30.8 Å². The Balaban J connectivity index is 1.95. The molecule has 1 aliphatic heterocycles. The van der Waals surface area contributed by atoms with Gasteiger partial charge in [0.05, 0.1) is 6.61 Å². The van der Waals surface area contributed by atoms with Crippen LogP contribution in [0, 0.1) is 5.92 Å². The smallest absolute Gasteiger partial charge is 0.145 e. The van der Waals surface area contributed by atoms with Gasteiger partial charge in [-0.25, -0.2) is 9.97 Å². The number of anilines is 2. The molecule has 1 aromatic heterocycles. The van der Waals surface area contributed by atoms with Crippen LogP contribution >= 0.6 is 15.9 Å². The number of hydrogen-bond acceptors (Lipinski definition) is 5. The molecule has 0 aromatic carbocycles. The number of ether oxygens (including phenoxy) is 1. The Bertz CT molecular complexity index is 341. The second-order valence-corrected chi connectivity index (χ2v) is 4.33. The van der Waals surface area contributed by atoms with Crippen LogP contribution in [0.15, 0.2) is 10.8 Å². The van der Waals surface area contributed by atoms with Crippen LogP contribution in [0.2, 0.25) is 0 Å². The molecule has 2 heterocycles. The minimum Gasteiger partial charge on any atom is -0.383 e. The maximum absolute atomic E-state index is 5.64. The van der Waals surface area contributed by atoms with Gasteiger partial charge in [0.2, 0.25) is 0 Å². The van der Waals surface area contributed by atoms with Gasteiger partial charge in [0.1, 0.15) is 22.4 Å². The van der Waals surface area contributed by atoms with Gasteiger partial charge < -0.3 is 15.8 Å². The molecule has 1 saturated heterocycles. The van der Waals surface area contributed by atoms with Crippen molar-refractivity contribution in [3.05, 3.63) is 10.8 Å². The minimum absolute atomic E-state index is 0.454. The summed E-state index contributed by atoms with van der Waals surface area (Å²) in [5.41, 5.74) is 5.64. The molecule has 5 nitrogen and oxygen atoms in total. The SMILES string of the molecule is Nc1ncnc(NCC2CCOC2)c1Br. The van der Waals surface area contributed by atoms with E-state index in [0.717, 1.165) is 36.5 Å². The van der Waals surface area contributed by atoms with Crippen LogP contribution in [0.4, 0.5) is 11.6 Å². The molecule has 1 aromatic rings. The zero-order valence-corrected chi connectivity index (χ0v) is 9.83. The molecule has 1 aliphatic rings. The molecule has 0 amide bonds. The van der Waals surface area contributed by atoms with Crippen LogP contribution in [0.3, 0.4) is 0 Å². The normalized spacial score (nSPS) is 20.5. The number of nitrogens with two attached hydrogens (primary N) is 1. The largest absolute Gasteiger partial charge is 0.383 e. The van der Waals surface area contributed by atoms with Crippen molar-refractivity contribution in [3.63, 3.8) is 0 Å². The first-order chi connectivity index (χ1) is 7.27. The Morgan fingerprint density at radius 2 is 2.47 bits per heavy atom. The summed E-state index contributed by atoms with van der Waals surface area (Å²) in [6, 6.07) is 0. The Labute approximate surface area is 96.6 Å². The van der Waals surface area contributed by atoms with Crippen LogP contribution < -0.4 is 11.1 Å². The highest BCUT2D eigenvalue weighted by Gasteiger charge is 2.16. The van der Waals surface area contributed by atoms with E-state index in [2.05, 4.69) is 31.2 Å². The molecule has 3 N–H and O–H groups in total. The zero-order chi connectivity index (χ0) is 10.7. The third-order valence-electron chi connectivity index (χ3n) is 2.40. The molecule has 82 valence electrons. The van der Waals surface area contributed by atoms with E-state index in [1.54, 1.807) is 0 Å². The fourth-order valence-electron chi connectivity index (χ4n) is 1.49. The summed E-state index contributed by atoms with van der Waals surface area (Å²) in [5, 5.41) is 3.24. The molecule has 0 bridgehead atoms. The van der Waals surface area contributed by atoms with E-state index < -0.39 is 0 Å². The average molecular weight is 273 g/mol. The van der Waals surface area contributed by atoms with Gasteiger partial charge in [0.15, 0.2) is 0 Å². The van der Waals surface area contributed by atoms with Gasteiger partial charge >= 0.3 is 0 Å². The molecule has 0 radical (unpaired) electrons. The van der Waals surface area contributed by atoms with E-state index in [-0.39, 0.29) is 0 Å². The average Bonchev–Trinajstić information content (AvgIpc) is 2.73. The number of aromatic nitrogens is 2. The van der Waals surface area contributed by atoms with Crippen molar-refractivity contribution in [1.29, 1.82) is 0 Å². The molecule has 15 heavy (non-hydrogen) atoms. The van der Waals surface area contributed by atoms with Gasteiger partial charge in [0.25, 0.3) is 0 Å². The van der Waals surface area contributed by atoms with E-state index in [1.165, 1.54) is 6.33 Å². The summed E-state index contributed by atoms with van der Waals surface area (Å²) < 4.78 is 6.02. The Morgan fingerprint density at radius 3 is 3.20 bits per heavy atom. The summed E-state index contributed by atoms with van der Waals surface area (Å²) in [5.74, 6) is 1.76. The number of rotatable bonds is 3. The van der Waals surface area contributed by atoms with Crippen LogP contribution in [0.1, 0.15) is 6.42 Å². The molecule has 0 aliphatic carbocycles. The molecule has 1 unspecified atom stereocenters. The molecular weight excluding hydrogens is 260 g/mol. The van der Waals surface area contributed by atoms with Gasteiger partial charge in [-0.05, 0) is 22.4 Å². The number of halogens is 1. The van der Waals surface area contributed by atoms with Crippen LogP contribution in [0.25, 0.3) is 0 Å². The zero-order valence-electron chi connectivity index (χ0n) is 8.24. The third kappa shape index (κ3) is 2.57. The van der Waals surface area contributed by atoms with Crippen molar-refractivity contribution in [2.24, 2.45) is 5.92 Å². The first-order valence-corrected chi connectivity index (χ1v) is 5.64. The van der Waals surface area contributed by atoms with E-state index in [9.17, 15) is 0 Å². The van der Waals surface area contributed by atoms with Crippen molar-refractivity contribution in [3.8, 4) is 0 Å². The first-order valence-electron chi connectivity index (χ1n) is 4.85. The lowest BCUT2D eigenvalue weighted by molar-refractivity contribution is 0.187. The summed E-state index contributed by atoms with van der Waals surface area (Å²) in [6.45, 7) is 2.54. The fourth-order valence-corrected chi connectivity index (χ4v) is 1.84. The lowest BCUT2D eigenvalue weighted by Gasteiger charge is -2.11. The standard InChI is InChI=1S/C9H13BrN4O/c10-7-8(11)13-5-14-9(7)12-3-6-1-2-15-4-6/h5-6H,1-4H2,(H3,11,12,13,14). The van der Waals surface area contributed by atoms with Crippen molar-refractivity contribution in [1.82, 2.24) is 9.97 Å². The first kappa shape index (κ1) is 10.6. The molecule has 6 heteroatoms. The van der Waals surface area contributed by atoms with E-state index in [0.29, 0.717) is 11.7 Å². The Kier molecular flexibility index (Phi) is 3.37. The van der Waals surface area contributed by atoms with Crippen molar-refractivity contribution in [2.45, 2.75) is 6.42 Å². The third-order valence-corrected chi connectivity index (χ3v) is 3.18. The van der Waals surface area contributed by atoms with Gasteiger partial charge in [-0.1, -0.05) is 0 Å². The number of hydrogen-bond donors (Lipinski definition) is 2. The highest BCUT2D eigenvalue weighted by atomic mass is 79.9. The van der Waals surface area contributed by atoms with Gasteiger partial charge in [-0.15, -0.1) is 0 Å². The van der Waals surface area contributed by atoms with Gasteiger partial charge in [0, 0.05) is 19.1 Å². The predicted octanol–water partition coefficient (Wildman–Crippen LogP) is 1.27. The fraction of sp³-hybridized carbons (Fsp3) is 0.556. The summed E-state index contributed by atoms with van der Waals surface area (Å²) >= 11 is 3.35.